The van der Waals surface area contributed by atoms with Crippen LogP contribution in [0.1, 0.15) is 37.7 Å². The van der Waals surface area contributed by atoms with Gasteiger partial charge in [0, 0.05) is 0 Å². The molecule has 0 spiro atoms. The molecular weight excluding hydrogens is 312 g/mol. The van der Waals surface area contributed by atoms with Gasteiger partial charge in [0.15, 0.2) is 11.6 Å². The normalized spacial score (nSPS) is 19.0. The Balaban J connectivity index is 1.81. The van der Waals surface area contributed by atoms with Gasteiger partial charge in [-0.25, -0.2) is 4.39 Å². The molecule has 2 aliphatic carbocycles. The van der Waals surface area contributed by atoms with Crippen molar-refractivity contribution in [3.05, 3.63) is 35.7 Å². The first-order chi connectivity index (χ1) is 10.9. The average molecular weight is 330 g/mol. The zero-order valence-electron chi connectivity index (χ0n) is 12.5. The van der Waals surface area contributed by atoms with E-state index in [9.17, 15) is 17.6 Å². The van der Waals surface area contributed by atoms with Gasteiger partial charge in [-0.2, -0.15) is 0 Å². The number of halogens is 4. The summed E-state index contributed by atoms with van der Waals surface area (Å²) < 4.78 is 61.5. The molecule has 2 fully saturated rings. The molecule has 0 heterocycles. The Morgan fingerprint density at radius 1 is 1.13 bits per heavy atom. The van der Waals surface area contributed by atoms with Crippen LogP contribution in [0, 0.1) is 11.7 Å². The number of benzene rings is 1. The highest BCUT2D eigenvalue weighted by Crippen LogP contribution is 2.39. The van der Waals surface area contributed by atoms with Crippen LogP contribution in [-0.4, -0.2) is 12.5 Å². The molecule has 126 valence electrons. The van der Waals surface area contributed by atoms with E-state index in [1.54, 1.807) is 6.08 Å². The molecule has 0 radical (unpaired) electrons. The minimum absolute atomic E-state index is 0.161. The van der Waals surface area contributed by atoms with Crippen LogP contribution in [-0.2, 0) is 6.42 Å². The number of hydrogen-bond acceptors (Lipinski definition) is 2. The summed E-state index contributed by atoms with van der Waals surface area (Å²) >= 11 is 0. The molecule has 1 aromatic rings. The topological polar surface area (TPSA) is 18.5 Å². The van der Waals surface area contributed by atoms with Gasteiger partial charge in [-0.15, -0.1) is 13.2 Å². The lowest BCUT2D eigenvalue weighted by Crippen LogP contribution is -2.26. The maximum absolute atomic E-state index is 14.4. The molecular formula is C17H18F4O2. The zero-order valence-corrected chi connectivity index (χ0v) is 12.5. The molecule has 0 aromatic heterocycles. The maximum Gasteiger partial charge on any atom is 0.573 e. The van der Waals surface area contributed by atoms with Gasteiger partial charge in [0.25, 0.3) is 0 Å². The summed E-state index contributed by atoms with van der Waals surface area (Å²) in [5.41, 5.74) is 0.169. The van der Waals surface area contributed by atoms with Crippen molar-refractivity contribution in [3.8, 4) is 11.5 Å². The van der Waals surface area contributed by atoms with E-state index in [1.165, 1.54) is 12.1 Å². The van der Waals surface area contributed by atoms with Gasteiger partial charge in [0.1, 0.15) is 0 Å². The molecule has 0 N–H and O–H groups in total. The fraction of sp³-hybridized carbons (Fsp3) is 0.529. The summed E-state index contributed by atoms with van der Waals surface area (Å²) in [5.74, 6) is -1.51. The first-order valence-corrected chi connectivity index (χ1v) is 7.83. The molecule has 0 bridgehead atoms. The van der Waals surface area contributed by atoms with Gasteiger partial charge in [-0.3, -0.25) is 0 Å². The largest absolute Gasteiger partial charge is 0.573 e. The van der Waals surface area contributed by atoms with Crippen molar-refractivity contribution in [2.24, 2.45) is 5.92 Å². The highest BCUT2D eigenvalue weighted by Gasteiger charge is 2.35. The van der Waals surface area contributed by atoms with E-state index in [1.807, 2.05) is 6.08 Å². The van der Waals surface area contributed by atoms with E-state index in [0.717, 1.165) is 32.1 Å². The van der Waals surface area contributed by atoms with Crippen LogP contribution >= 0.6 is 0 Å². The number of hydrogen-bond donors (Lipinski definition) is 0. The fourth-order valence-electron chi connectivity index (χ4n) is 2.38. The van der Waals surface area contributed by atoms with Crippen molar-refractivity contribution in [2.75, 3.05) is 0 Å². The molecule has 2 aliphatic rings. The number of ether oxygens (including phenoxy) is 2. The molecule has 0 saturated heterocycles. The Morgan fingerprint density at radius 2 is 1.87 bits per heavy atom. The molecule has 0 unspecified atom stereocenters. The Labute approximate surface area is 132 Å². The van der Waals surface area contributed by atoms with Crippen molar-refractivity contribution in [2.45, 2.75) is 51.0 Å². The van der Waals surface area contributed by atoms with Crippen LogP contribution in [0.2, 0.25) is 0 Å². The molecule has 2 saturated carbocycles. The lowest BCUT2D eigenvalue weighted by Gasteiger charge is -2.27. The molecule has 0 aliphatic heterocycles. The van der Waals surface area contributed by atoms with E-state index in [0.29, 0.717) is 5.92 Å². The van der Waals surface area contributed by atoms with Crippen LogP contribution in [0.25, 0.3) is 0 Å². The first-order valence-electron chi connectivity index (χ1n) is 7.83. The van der Waals surface area contributed by atoms with Crippen molar-refractivity contribution in [1.29, 1.82) is 0 Å². The highest BCUT2D eigenvalue weighted by molar-refractivity contribution is 5.45. The second-order valence-corrected chi connectivity index (χ2v) is 6.05. The van der Waals surface area contributed by atoms with Crippen LogP contribution in [0.5, 0.6) is 11.5 Å². The monoisotopic (exact) mass is 330 g/mol. The van der Waals surface area contributed by atoms with E-state index >= 15 is 0 Å². The summed E-state index contributed by atoms with van der Waals surface area (Å²) in [6.45, 7) is 0. The predicted octanol–water partition coefficient (Wildman–Crippen LogP) is 5.16. The minimum atomic E-state index is -4.96. The Bertz CT molecular complexity index is 587. The summed E-state index contributed by atoms with van der Waals surface area (Å²) in [4.78, 5) is 0. The standard InChI is InChI=1S/C17H18F4O2/c18-15-12(4-1-3-11-7-8-11)9-10-14(22-13-5-2-6-13)16(15)23-17(19,20)21/h1,3,9-11,13H,2,4-8H2/b3-1+. The van der Waals surface area contributed by atoms with Gasteiger partial charge in [0.2, 0.25) is 5.75 Å². The van der Waals surface area contributed by atoms with E-state index in [4.69, 9.17) is 4.74 Å². The summed E-state index contributed by atoms with van der Waals surface area (Å²) in [7, 11) is 0. The lowest BCUT2D eigenvalue weighted by molar-refractivity contribution is -0.276. The maximum atomic E-state index is 14.4. The quantitative estimate of drug-likeness (QED) is 0.529. The van der Waals surface area contributed by atoms with Crippen molar-refractivity contribution in [1.82, 2.24) is 0 Å². The SMILES string of the molecule is Fc1c(C/C=C/C2CC2)ccc(OC2CCC2)c1OC(F)(F)F. The van der Waals surface area contributed by atoms with Crippen LogP contribution in [0.4, 0.5) is 17.6 Å². The molecule has 0 amide bonds. The second kappa shape index (κ2) is 6.42. The van der Waals surface area contributed by atoms with E-state index in [-0.39, 0.29) is 23.8 Å². The zero-order chi connectivity index (χ0) is 16.4. The molecule has 2 nitrogen and oxygen atoms in total. The van der Waals surface area contributed by atoms with Crippen LogP contribution in [0.3, 0.4) is 0 Å². The third-order valence-electron chi connectivity index (χ3n) is 4.07. The average Bonchev–Trinajstić information content (AvgIpc) is 3.22. The smallest absolute Gasteiger partial charge is 0.486 e. The molecule has 3 rings (SSSR count). The number of rotatable bonds is 6. The van der Waals surface area contributed by atoms with Crippen molar-refractivity contribution < 1.29 is 27.0 Å². The van der Waals surface area contributed by atoms with Crippen molar-refractivity contribution >= 4 is 0 Å². The van der Waals surface area contributed by atoms with Gasteiger partial charge >= 0.3 is 6.36 Å². The summed E-state index contributed by atoms with van der Waals surface area (Å²) in [6, 6.07) is 2.83. The summed E-state index contributed by atoms with van der Waals surface area (Å²) in [5, 5.41) is 0. The van der Waals surface area contributed by atoms with Gasteiger partial charge in [-0.1, -0.05) is 18.2 Å². The predicted molar refractivity (Wildman–Crippen MR) is 76.9 cm³/mol. The summed E-state index contributed by atoms with van der Waals surface area (Å²) in [6.07, 6.45) is 3.62. The third kappa shape index (κ3) is 4.39. The highest BCUT2D eigenvalue weighted by atomic mass is 19.4. The second-order valence-electron chi connectivity index (χ2n) is 6.05. The minimum Gasteiger partial charge on any atom is -0.486 e. The van der Waals surface area contributed by atoms with E-state index < -0.39 is 17.9 Å². The van der Waals surface area contributed by atoms with Crippen LogP contribution < -0.4 is 9.47 Å². The first kappa shape index (κ1) is 16.1. The molecule has 1 aromatic carbocycles. The molecule has 23 heavy (non-hydrogen) atoms. The van der Waals surface area contributed by atoms with Crippen LogP contribution in [0.15, 0.2) is 24.3 Å². The van der Waals surface area contributed by atoms with Crippen molar-refractivity contribution in [3.63, 3.8) is 0 Å². The van der Waals surface area contributed by atoms with Gasteiger partial charge in [-0.05, 0) is 56.1 Å². The van der Waals surface area contributed by atoms with Gasteiger partial charge in [0.05, 0.1) is 6.10 Å². The molecule has 0 atom stereocenters. The Hall–Kier alpha value is -1.72. The number of alkyl halides is 3. The Kier molecular flexibility index (Phi) is 4.50. The third-order valence-corrected chi connectivity index (χ3v) is 4.07. The Morgan fingerprint density at radius 3 is 2.43 bits per heavy atom. The molecule has 6 heteroatoms. The van der Waals surface area contributed by atoms with E-state index in [2.05, 4.69) is 4.74 Å². The lowest BCUT2D eigenvalue weighted by atomic mass is 9.96. The van der Waals surface area contributed by atoms with Gasteiger partial charge < -0.3 is 9.47 Å². The number of allylic oxidation sites excluding steroid dienone is 2. The fourth-order valence-corrected chi connectivity index (χ4v) is 2.38.